The van der Waals surface area contributed by atoms with Crippen LogP contribution in [0.5, 0.6) is 0 Å². The number of nitrogens with one attached hydrogen (secondary N) is 1. The molecule has 0 heterocycles. The molecule has 1 N–H and O–H groups in total. The summed E-state index contributed by atoms with van der Waals surface area (Å²) in [5.74, 6) is 0. The molecule has 0 amide bonds. The Morgan fingerprint density at radius 3 is 2.33 bits per heavy atom. The van der Waals surface area contributed by atoms with E-state index in [4.69, 9.17) is 9.47 Å². The molecule has 0 aliphatic heterocycles. The average Bonchev–Trinajstić information content (AvgIpc) is 2.39. The van der Waals surface area contributed by atoms with Crippen LogP contribution in [0.4, 0.5) is 0 Å². The molecule has 104 valence electrons. The van der Waals surface area contributed by atoms with E-state index in [-0.39, 0.29) is 6.29 Å². The van der Waals surface area contributed by atoms with Crippen LogP contribution in [0.15, 0.2) is 22.7 Å². The second-order valence-electron chi connectivity index (χ2n) is 3.63. The number of hydrogen-bond donors (Lipinski definition) is 1. The third kappa shape index (κ3) is 6.50. The predicted molar refractivity (Wildman–Crippen MR) is 79.7 cm³/mol. The van der Waals surface area contributed by atoms with Gasteiger partial charge in [0.2, 0.25) is 0 Å². The standard InChI is InChI=1S/C12H18BrNO2.C2H6/c1-9-4-5-10(11(13)6-9)7-14-8-12(15-2)16-3;1-2/h4-6,12,14H,7-8H2,1-3H3;1-2H3. The summed E-state index contributed by atoms with van der Waals surface area (Å²) in [5, 5.41) is 3.28. The first-order valence-corrected chi connectivity index (χ1v) is 6.98. The van der Waals surface area contributed by atoms with Crippen LogP contribution in [-0.4, -0.2) is 27.1 Å². The van der Waals surface area contributed by atoms with Crippen molar-refractivity contribution >= 4 is 15.9 Å². The van der Waals surface area contributed by atoms with Gasteiger partial charge in [-0.3, -0.25) is 0 Å². The third-order valence-corrected chi connectivity index (χ3v) is 3.10. The number of benzene rings is 1. The monoisotopic (exact) mass is 317 g/mol. The molecule has 1 aromatic rings. The van der Waals surface area contributed by atoms with Gasteiger partial charge in [0.05, 0.1) is 0 Å². The number of methoxy groups -OCH3 is 2. The van der Waals surface area contributed by atoms with Crippen LogP contribution in [0.1, 0.15) is 25.0 Å². The van der Waals surface area contributed by atoms with E-state index >= 15 is 0 Å². The highest BCUT2D eigenvalue weighted by Gasteiger charge is 2.05. The van der Waals surface area contributed by atoms with Crippen LogP contribution in [0, 0.1) is 6.92 Å². The van der Waals surface area contributed by atoms with Gasteiger partial charge in [0.1, 0.15) is 0 Å². The molecule has 18 heavy (non-hydrogen) atoms. The van der Waals surface area contributed by atoms with Crippen molar-refractivity contribution in [3.63, 3.8) is 0 Å². The minimum Gasteiger partial charge on any atom is -0.355 e. The van der Waals surface area contributed by atoms with E-state index in [0.29, 0.717) is 6.54 Å². The molecule has 0 atom stereocenters. The number of aryl methyl sites for hydroxylation is 1. The van der Waals surface area contributed by atoms with Gasteiger partial charge in [-0.15, -0.1) is 0 Å². The Hall–Kier alpha value is -0.420. The Labute approximate surface area is 119 Å². The second-order valence-corrected chi connectivity index (χ2v) is 4.48. The van der Waals surface area contributed by atoms with E-state index in [2.05, 4.69) is 46.4 Å². The molecule has 0 spiro atoms. The Morgan fingerprint density at radius 2 is 1.83 bits per heavy atom. The molecule has 0 saturated heterocycles. The van der Waals surface area contributed by atoms with Gasteiger partial charge in [-0.25, -0.2) is 0 Å². The summed E-state index contributed by atoms with van der Waals surface area (Å²) < 4.78 is 11.3. The molecule has 0 saturated carbocycles. The summed E-state index contributed by atoms with van der Waals surface area (Å²) >= 11 is 3.55. The van der Waals surface area contributed by atoms with Crippen molar-refractivity contribution in [2.45, 2.75) is 33.6 Å². The Balaban J connectivity index is 0.00000137. The summed E-state index contributed by atoms with van der Waals surface area (Å²) in [7, 11) is 3.27. The normalized spacial score (nSPS) is 10.2. The molecule has 0 unspecified atom stereocenters. The maximum absolute atomic E-state index is 5.09. The lowest BCUT2D eigenvalue weighted by atomic mass is 10.1. The fraction of sp³-hybridized carbons (Fsp3) is 0.571. The van der Waals surface area contributed by atoms with Crippen LogP contribution in [-0.2, 0) is 16.0 Å². The van der Waals surface area contributed by atoms with E-state index < -0.39 is 0 Å². The first-order valence-electron chi connectivity index (χ1n) is 6.18. The highest BCUT2D eigenvalue weighted by atomic mass is 79.9. The number of halogens is 1. The van der Waals surface area contributed by atoms with Crippen molar-refractivity contribution in [2.24, 2.45) is 0 Å². The first-order chi connectivity index (χ1) is 8.67. The van der Waals surface area contributed by atoms with E-state index in [0.717, 1.165) is 11.0 Å². The lowest BCUT2D eigenvalue weighted by molar-refractivity contribution is -0.0989. The van der Waals surface area contributed by atoms with Gasteiger partial charge in [0, 0.05) is 31.8 Å². The summed E-state index contributed by atoms with van der Waals surface area (Å²) in [6.07, 6.45) is -0.191. The molecule has 1 rings (SSSR count). The topological polar surface area (TPSA) is 30.5 Å². The summed E-state index contributed by atoms with van der Waals surface area (Å²) in [5.41, 5.74) is 2.49. The average molecular weight is 318 g/mol. The van der Waals surface area contributed by atoms with Crippen molar-refractivity contribution < 1.29 is 9.47 Å². The smallest absolute Gasteiger partial charge is 0.169 e. The predicted octanol–water partition coefficient (Wildman–Crippen LogP) is 3.49. The lowest BCUT2D eigenvalue weighted by Crippen LogP contribution is -2.29. The molecule has 0 aliphatic rings. The quantitative estimate of drug-likeness (QED) is 0.815. The molecule has 0 aliphatic carbocycles. The largest absolute Gasteiger partial charge is 0.355 e. The van der Waals surface area contributed by atoms with Gasteiger partial charge < -0.3 is 14.8 Å². The molecule has 1 aromatic carbocycles. The summed E-state index contributed by atoms with van der Waals surface area (Å²) in [6.45, 7) is 7.55. The number of rotatable bonds is 6. The van der Waals surface area contributed by atoms with Gasteiger partial charge in [0.25, 0.3) is 0 Å². The van der Waals surface area contributed by atoms with Crippen molar-refractivity contribution in [1.82, 2.24) is 5.32 Å². The minimum atomic E-state index is -0.191. The van der Waals surface area contributed by atoms with E-state index in [1.807, 2.05) is 13.8 Å². The second kappa shape index (κ2) is 10.5. The van der Waals surface area contributed by atoms with Crippen molar-refractivity contribution in [2.75, 3.05) is 20.8 Å². The van der Waals surface area contributed by atoms with Crippen LogP contribution in [0.3, 0.4) is 0 Å². The molecular formula is C14H24BrNO2. The van der Waals surface area contributed by atoms with Crippen LogP contribution in [0.25, 0.3) is 0 Å². The molecule has 4 heteroatoms. The zero-order chi connectivity index (χ0) is 14.0. The molecule has 0 aromatic heterocycles. The van der Waals surface area contributed by atoms with Crippen molar-refractivity contribution in [3.8, 4) is 0 Å². The zero-order valence-electron chi connectivity index (χ0n) is 11.9. The molecule has 0 radical (unpaired) electrons. The van der Waals surface area contributed by atoms with Gasteiger partial charge in [-0.2, -0.15) is 0 Å². The van der Waals surface area contributed by atoms with Gasteiger partial charge in [0.15, 0.2) is 6.29 Å². The summed E-state index contributed by atoms with van der Waals surface area (Å²) in [6, 6.07) is 6.33. The van der Waals surface area contributed by atoms with Crippen LogP contribution in [0.2, 0.25) is 0 Å². The Morgan fingerprint density at radius 1 is 1.22 bits per heavy atom. The number of ether oxygens (including phenoxy) is 2. The molecular weight excluding hydrogens is 294 g/mol. The van der Waals surface area contributed by atoms with Gasteiger partial charge >= 0.3 is 0 Å². The highest BCUT2D eigenvalue weighted by Crippen LogP contribution is 2.17. The Kier molecular flexibility index (Phi) is 10.3. The van der Waals surface area contributed by atoms with Crippen molar-refractivity contribution in [3.05, 3.63) is 33.8 Å². The fourth-order valence-corrected chi connectivity index (χ4v) is 2.02. The molecule has 3 nitrogen and oxygen atoms in total. The fourth-order valence-electron chi connectivity index (χ4n) is 1.38. The molecule has 0 bridgehead atoms. The van der Waals surface area contributed by atoms with Crippen LogP contribution >= 0.6 is 15.9 Å². The van der Waals surface area contributed by atoms with Crippen LogP contribution < -0.4 is 5.32 Å². The van der Waals surface area contributed by atoms with E-state index in [9.17, 15) is 0 Å². The first kappa shape index (κ1) is 17.6. The van der Waals surface area contributed by atoms with Gasteiger partial charge in [-0.05, 0) is 24.1 Å². The zero-order valence-corrected chi connectivity index (χ0v) is 13.5. The number of hydrogen-bond acceptors (Lipinski definition) is 3. The molecule has 0 fully saturated rings. The third-order valence-electron chi connectivity index (χ3n) is 2.36. The minimum absolute atomic E-state index is 0.191. The lowest BCUT2D eigenvalue weighted by Gasteiger charge is -2.14. The van der Waals surface area contributed by atoms with E-state index in [1.165, 1.54) is 11.1 Å². The Bertz CT molecular complexity index is 328. The SMILES string of the molecule is CC.COC(CNCc1ccc(C)cc1Br)OC. The maximum atomic E-state index is 5.09. The maximum Gasteiger partial charge on any atom is 0.169 e. The van der Waals surface area contributed by atoms with Gasteiger partial charge in [-0.1, -0.05) is 41.9 Å². The highest BCUT2D eigenvalue weighted by molar-refractivity contribution is 9.10. The van der Waals surface area contributed by atoms with Crippen molar-refractivity contribution in [1.29, 1.82) is 0 Å². The van der Waals surface area contributed by atoms with E-state index in [1.54, 1.807) is 14.2 Å². The summed E-state index contributed by atoms with van der Waals surface area (Å²) in [4.78, 5) is 0.